The Bertz CT molecular complexity index is 779. The van der Waals surface area contributed by atoms with Crippen LogP contribution in [0.1, 0.15) is 10.4 Å². The summed E-state index contributed by atoms with van der Waals surface area (Å²) >= 11 is 23.4. The Morgan fingerprint density at radius 1 is 1.17 bits per heavy atom. The molecule has 23 heavy (non-hydrogen) atoms. The van der Waals surface area contributed by atoms with Gasteiger partial charge < -0.3 is 10.4 Å². The zero-order chi connectivity index (χ0) is 17.1. The molecular weight excluding hydrogens is 491 g/mol. The SMILES string of the molecule is O=C(NC(=S)Nc1cc(Br)c(O)c(Br)c1)c1cccc(Cl)c1Cl. The molecule has 4 nitrogen and oxygen atoms in total. The Morgan fingerprint density at radius 2 is 1.78 bits per heavy atom. The molecule has 1 amide bonds. The molecule has 0 aliphatic heterocycles. The number of carbonyl (C=O) groups is 1. The predicted molar refractivity (Wildman–Crippen MR) is 104 cm³/mol. The van der Waals surface area contributed by atoms with Gasteiger partial charge in [-0.1, -0.05) is 29.3 Å². The van der Waals surface area contributed by atoms with Gasteiger partial charge in [0.25, 0.3) is 5.91 Å². The van der Waals surface area contributed by atoms with Crippen LogP contribution in [-0.4, -0.2) is 16.1 Å². The summed E-state index contributed by atoms with van der Waals surface area (Å²) in [5.41, 5.74) is 0.792. The number of phenolic OH excluding ortho intramolecular Hbond substituents is 1. The first-order valence-corrected chi connectivity index (χ1v) is 8.79. The van der Waals surface area contributed by atoms with E-state index in [9.17, 15) is 9.90 Å². The lowest BCUT2D eigenvalue weighted by atomic mass is 10.2. The second-order valence-corrected chi connectivity index (χ2v) is 7.20. The Hall–Kier alpha value is -0.860. The van der Waals surface area contributed by atoms with E-state index in [0.29, 0.717) is 14.6 Å². The van der Waals surface area contributed by atoms with Crippen molar-refractivity contribution in [2.75, 3.05) is 5.32 Å². The van der Waals surface area contributed by atoms with E-state index in [1.54, 1.807) is 30.3 Å². The molecule has 0 spiro atoms. The average molecular weight is 499 g/mol. The van der Waals surface area contributed by atoms with Gasteiger partial charge in [-0.3, -0.25) is 10.1 Å². The van der Waals surface area contributed by atoms with Gasteiger partial charge >= 0.3 is 0 Å². The molecule has 0 atom stereocenters. The third-order valence-corrected chi connectivity index (χ3v) is 4.93. The number of halogens is 4. The fourth-order valence-corrected chi connectivity index (χ4v) is 3.43. The molecule has 0 aliphatic rings. The van der Waals surface area contributed by atoms with Crippen molar-refractivity contribution in [1.29, 1.82) is 0 Å². The first-order valence-electron chi connectivity index (χ1n) is 6.04. The standard InChI is InChI=1S/C14H8Br2Cl2N2O2S/c15-8-4-6(5-9(16)12(8)21)19-14(23)20-13(22)7-2-1-3-10(17)11(7)18/h1-5,21H,(H2,19,20,22,23). The highest BCUT2D eigenvalue weighted by Crippen LogP contribution is 2.35. The van der Waals surface area contributed by atoms with E-state index in [0.717, 1.165) is 0 Å². The Kier molecular flexibility index (Phi) is 6.27. The third kappa shape index (κ3) is 4.58. The first kappa shape index (κ1) is 18.5. The molecule has 2 rings (SSSR count). The summed E-state index contributed by atoms with van der Waals surface area (Å²) in [4.78, 5) is 12.2. The summed E-state index contributed by atoms with van der Waals surface area (Å²) in [7, 11) is 0. The Morgan fingerprint density at radius 3 is 2.39 bits per heavy atom. The van der Waals surface area contributed by atoms with E-state index in [2.05, 4.69) is 42.5 Å². The summed E-state index contributed by atoms with van der Waals surface area (Å²) in [5, 5.41) is 15.5. The fourth-order valence-electron chi connectivity index (χ4n) is 1.65. The van der Waals surface area contributed by atoms with Crippen molar-refractivity contribution < 1.29 is 9.90 Å². The van der Waals surface area contributed by atoms with Crippen LogP contribution in [0.3, 0.4) is 0 Å². The largest absolute Gasteiger partial charge is 0.506 e. The van der Waals surface area contributed by atoms with Crippen molar-refractivity contribution in [2.24, 2.45) is 0 Å². The first-order chi connectivity index (χ1) is 10.8. The normalized spacial score (nSPS) is 10.3. The minimum absolute atomic E-state index is 0.0659. The molecule has 0 bridgehead atoms. The lowest BCUT2D eigenvalue weighted by Gasteiger charge is -2.12. The number of anilines is 1. The van der Waals surface area contributed by atoms with Gasteiger partial charge in [0.1, 0.15) is 5.75 Å². The summed E-state index contributed by atoms with van der Waals surface area (Å²) in [6.07, 6.45) is 0. The maximum absolute atomic E-state index is 12.2. The lowest BCUT2D eigenvalue weighted by molar-refractivity contribution is 0.0978. The molecule has 0 radical (unpaired) electrons. The molecular formula is C14H8Br2Cl2N2O2S. The van der Waals surface area contributed by atoms with Crippen LogP contribution in [0.25, 0.3) is 0 Å². The van der Waals surface area contributed by atoms with Gasteiger partial charge in [0.2, 0.25) is 0 Å². The van der Waals surface area contributed by atoms with Crippen molar-refractivity contribution >= 4 is 84.0 Å². The number of nitrogens with one attached hydrogen (secondary N) is 2. The Labute approximate surface area is 164 Å². The highest BCUT2D eigenvalue weighted by molar-refractivity contribution is 9.11. The van der Waals surface area contributed by atoms with Crippen LogP contribution in [0.4, 0.5) is 5.69 Å². The summed E-state index contributed by atoms with van der Waals surface area (Å²) in [6, 6.07) is 7.98. The summed E-state index contributed by atoms with van der Waals surface area (Å²) < 4.78 is 0.947. The van der Waals surface area contributed by atoms with Crippen molar-refractivity contribution in [3.05, 3.63) is 54.9 Å². The molecule has 2 aromatic rings. The van der Waals surface area contributed by atoms with Gasteiger partial charge in [-0.15, -0.1) is 0 Å². The van der Waals surface area contributed by atoms with Crippen LogP contribution in [-0.2, 0) is 0 Å². The maximum Gasteiger partial charge on any atom is 0.258 e. The van der Waals surface area contributed by atoms with Crippen LogP contribution < -0.4 is 10.6 Å². The highest BCUT2D eigenvalue weighted by atomic mass is 79.9. The van der Waals surface area contributed by atoms with Crippen molar-refractivity contribution in [1.82, 2.24) is 5.32 Å². The van der Waals surface area contributed by atoms with Crippen molar-refractivity contribution in [3.8, 4) is 5.75 Å². The minimum atomic E-state index is -0.480. The molecule has 0 aromatic heterocycles. The predicted octanol–water partition coefficient (Wildman–Crippen LogP) is 5.35. The molecule has 120 valence electrons. The second kappa shape index (κ2) is 7.81. The molecule has 0 fully saturated rings. The summed E-state index contributed by atoms with van der Waals surface area (Å²) in [6.45, 7) is 0. The van der Waals surface area contributed by atoms with Gasteiger partial charge in [-0.05, 0) is 68.3 Å². The van der Waals surface area contributed by atoms with E-state index in [1.807, 2.05) is 0 Å². The molecule has 9 heteroatoms. The molecule has 0 unspecified atom stereocenters. The number of hydrogen-bond donors (Lipinski definition) is 3. The second-order valence-electron chi connectivity index (χ2n) is 4.30. The molecule has 0 saturated carbocycles. The van der Waals surface area contributed by atoms with E-state index in [-0.39, 0.29) is 26.5 Å². The summed E-state index contributed by atoms with van der Waals surface area (Å²) in [5.74, 6) is -0.414. The number of phenols is 1. The van der Waals surface area contributed by atoms with E-state index in [1.165, 1.54) is 0 Å². The number of thiocarbonyl (C=S) groups is 1. The van der Waals surface area contributed by atoms with Gasteiger partial charge in [-0.25, -0.2) is 0 Å². The third-order valence-electron chi connectivity index (χ3n) is 2.70. The van der Waals surface area contributed by atoms with E-state index in [4.69, 9.17) is 35.4 Å². The minimum Gasteiger partial charge on any atom is -0.506 e. The highest BCUT2D eigenvalue weighted by Gasteiger charge is 2.14. The Balaban J connectivity index is 2.11. The maximum atomic E-state index is 12.2. The number of benzene rings is 2. The topological polar surface area (TPSA) is 61.4 Å². The quantitative estimate of drug-likeness (QED) is 0.386. The zero-order valence-electron chi connectivity index (χ0n) is 11.2. The number of carbonyl (C=O) groups excluding carboxylic acids is 1. The van der Waals surface area contributed by atoms with Gasteiger partial charge in [0, 0.05) is 5.69 Å². The van der Waals surface area contributed by atoms with Crippen LogP contribution in [0.2, 0.25) is 10.0 Å². The molecule has 0 aliphatic carbocycles. The smallest absolute Gasteiger partial charge is 0.258 e. The molecule has 2 aromatic carbocycles. The van der Waals surface area contributed by atoms with E-state index < -0.39 is 5.91 Å². The van der Waals surface area contributed by atoms with Gasteiger partial charge in [0.05, 0.1) is 24.6 Å². The van der Waals surface area contributed by atoms with Crippen molar-refractivity contribution in [2.45, 2.75) is 0 Å². The molecule has 3 N–H and O–H groups in total. The zero-order valence-corrected chi connectivity index (χ0v) is 16.7. The number of hydrogen-bond acceptors (Lipinski definition) is 3. The van der Waals surface area contributed by atoms with Crippen LogP contribution >= 0.6 is 67.3 Å². The monoisotopic (exact) mass is 496 g/mol. The molecule has 0 saturated heterocycles. The number of rotatable bonds is 2. The number of amides is 1. The lowest BCUT2D eigenvalue weighted by Crippen LogP contribution is -2.34. The van der Waals surface area contributed by atoms with E-state index >= 15 is 0 Å². The van der Waals surface area contributed by atoms with Crippen LogP contribution in [0.5, 0.6) is 5.75 Å². The molecule has 0 heterocycles. The van der Waals surface area contributed by atoms with Gasteiger partial charge in [0.15, 0.2) is 5.11 Å². The van der Waals surface area contributed by atoms with Crippen LogP contribution in [0.15, 0.2) is 39.3 Å². The fraction of sp³-hybridized carbons (Fsp3) is 0. The van der Waals surface area contributed by atoms with Crippen LogP contribution in [0, 0.1) is 0 Å². The van der Waals surface area contributed by atoms with Crippen molar-refractivity contribution in [3.63, 3.8) is 0 Å². The van der Waals surface area contributed by atoms with Gasteiger partial charge in [-0.2, -0.15) is 0 Å². The number of aromatic hydroxyl groups is 1. The average Bonchev–Trinajstić information content (AvgIpc) is 2.47.